The third-order valence-electron chi connectivity index (χ3n) is 9.00. The second-order valence-electron chi connectivity index (χ2n) is 13.4. The molecule has 0 aliphatic carbocycles. The van der Waals surface area contributed by atoms with E-state index in [2.05, 4.69) is 20.8 Å². The zero-order valence-corrected chi connectivity index (χ0v) is 37.0. The van der Waals surface area contributed by atoms with Crippen molar-refractivity contribution in [2.24, 2.45) is 11.8 Å². The molecule has 3 unspecified atom stereocenters. The fourth-order valence-corrected chi connectivity index (χ4v) is 6.13. The van der Waals surface area contributed by atoms with Crippen LogP contribution in [0.25, 0.3) is 0 Å². The van der Waals surface area contributed by atoms with E-state index in [1.165, 1.54) is 83.5 Å². The Balaban J connectivity index is -0.000000428. The number of rotatable bonds is 32. The van der Waals surface area contributed by atoms with E-state index in [9.17, 15) is 27.4 Å². The number of unbranched alkanes of at least 4 members (excludes halogenated alkanes) is 16. The van der Waals surface area contributed by atoms with Gasteiger partial charge in [-0.15, -0.1) is 0 Å². The molecule has 9 nitrogen and oxygen atoms in total. The summed E-state index contributed by atoms with van der Waals surface area (Å²) in [4.78, 5) is 34.5. The fraction of sp³-hybridized carbons (Fsp3) is 0.921. The second kappa shape index (κ2) is 40.3. The van der Waals surface area contributed by atoms with Crippen molar-refractivity contribution < 1.29 is 41.9 Å². The summed E-state index contributed by atoms with van der Waals surface area (Å²) in [5.41, 5.74) is 0. The summed E-state index contributed by atoms with van der Waals surface area (Å²) in [6.07, 6.45) is 26.9. The minimum atomic E-state index is -4.76. The number of esters is 2. The van der Waals surface area contributed by atoms with E-state index in [0.29, 0.717) is 6.42 Å². The van der Waals surface area contributed by atoms with Gasteiger partial charge in [-0.25, -0.2) is 0 Å². The fourth-order valence-electron chi connectivity index (χ4n) is 5.47. The zero-order chi connectivity index (χ0) is 36.5. The Kier molecular flexibility index (Phi) is 45.8. The molecule has 0 bridgehead atoms. The first kappa shape index (κ1) is 56.9. The van der Waals surface area contributed by atoms with Gasteiger partial charge in [-0.3, -0.25) is 18.9 Å². The van der Waals surface area contributed by atoms with Crippen molar-refractivity contribution >= 4 is 81.5 Å². The molecule has 0 amide bonds. The van der Waals surface area contributed by atoms with E-state index in [-0.39, 0.29) is 78.5 Å². The number of carboxylic acids is 1. The molecule has 0 saturated carbocycles. The zero-order valence-electron chi connectivity index (χ0n) is 32.2. The first-order chi connectivity index (χ1) is 23.0. The van der Waals surface area contributed by atoms with E-state index < -0.39 is 39.7 Å². The number of hydrogen-bond acceptors (Lipinski definition) is 7. The van der Waals surface area contributed by atoms with Crippen LogP contribution in [-0.2, 0) is 34.0 Å². The van der Waals surface area contributed by atoms with E-state index in [4.69, 9.17) is 14.6 Å². The Bertz CT molecular complexity index is 890. The number of aliphatic carboxylic acids is 1. The van der Waals surface area contributed by atoms with Gasteiger partial charge in [-0.05, 0) is 31.1 Å². The predicted molar refractivity (Wildman–Crippen MR) is 211 cm³/mol. The molecular formula is C38H77NaO9SSn. The molecular weight excluding hydrogens is 774 g/mol. The Morgan fingerprint density at radius 1 is 0.580 bits per heavy atom. The van der Waals surface area contributed by atoms with Crippen molar-refractivity contribution in [2.45, 2.75) is 200 Å². The van der Waals surface area contributed by atoms with Crippen LogP contribution in [0.3, 0.4) is 0 Å². The van der Waals surface area contributed by atoms with Crippen LogP contribution in [0.4, 0.5) is 0 Å². The van der Waals surface area contributed by atoms with Crippen LogP contribution in [0.1, 0.15) is 195 Å². The minimum absolute atomic E-state index is 0. The van der Waals surface area contributed by atoms with Crippen LogP contribution < -0.4 is 0 Å². The van der Waals surface area contributed by atoms with Crippen molar-refractivity contribution in [3.8, 4) is 0 Å². The van der Waals surface area contributed by atoms with Crippen LogP contribution in [0.15, 0.2) is 0 Å². The normalized spacial score (nSPS) is 12.7. The molecule has 0 rings (SSSR count). The number of ether oxygens (including phenoxy) is 2. The molecule has 2 N–H and O–H groups in total. The number of carboxylic acid groups (broad SMARTS) is 1. The summed E-state index contributed by atoms with van der Waals surface area (Å²) >= 11 is 0. The van der Waals surface area contributed by atoms with E-state index in [1.54, 1.807) is 0 Å². The first-order valence-electron chi connectivity index (χ1n) is 19.5. The van der Waals surface area contributed by atoms with Gasteiger partial charge in [0.2, 0.25) is 0 Å². The summed E-state index contributed by atoms with van der Waals surface area (Å²) < 4.78 is 42.8. The van der Waals surface area contributed by atoms with Crippen LogP contribution >= 0.6 is 0 Å². The Labute approximate surface area is 346 Å². The monoisotopic (exact) mass is 852 g/mol. The van der Waals surface area contributed by atoms with E-state index >= 15 is 0 Å². The summed E-state index contributed by atoms with van der Waals surface area (Å²) in [7, 11) is -4.76. The maximum absolute atomic E-state index is 12.2. The van der Waals surface area contributed by atoms with Gasteiger partial charge in [0.25, 0.3) is 10.1 Å². The second-order valence-corrected chi connectivity index (χ2v) is 15.0. The molecule has 50 heavy (non-hydrogen) atoms. The van der Waals surface area contributed by atoms with Crippen molar-refractivity contribution in [2.75, 3.05) is 13.2 Å². The molecule has 0 aliphatic rings. The molecule has 0 aliphatic heterocycles. The van der Waals surface area contributed by atoms with E-state index in [0.717, 1.165) is 64.2 Å². The third-order valence-corrected chi connectivity index (χ3v) is 10.1. The molecule has 0 aromatic heterocycles. The van der Waals surface area contributed by atoms with Crippen molar-refractivity contribution in [1.29, 1.82) is 0 Å². The van der Waals surface area contributed by atoms with Gasteiger partial charge in [0, 0.05) is 6.42 Å². The standard InChI is InChI=1S/C20H38O7S.C18H36O2.Na.Sn.3H/c1-5-9-11-16(7-3)14-26-19(21)13-18(28(23,24)25)20(22)27-15-17(8-4)12-10-6-2;1-2-3-4-5-6-7-8-9-10-11-12-13-14-15-16-17-18(19)20;;;;;/h16-18H,5-15H2,1-4H3,(H,23,24,25);2-17H2,1H3,(H,19,20);;;;;. The van der Waals surface area contributed by atoms with Gasteiger partial charge in [-0.1, -0.05) is 163 Å². The Morgan fingerprint density at radius 2 is 0.940 bits per heavy atom. The molecule has 0 spiro atoms. The summed E-state index contributed by atoms with van der Waals surface area (Å²) in [6, 6.07) is 0. The average Bonchev–Trinajstić information content (AvgIpc) is 3.05. The maximum atomic E-state index is 12.2. The van der Waals surface area contributed by atoms with Crippen molar-refractivity contribution in [3.05, 3.63) is 0 Å². The van der Waals surface area contributed by atoms with Gasteiger partial charge < -0.3 is 14.6 Å². The SMILES string of the molecule is CCCCC(CC)COC(=O)CC(C(=O)OCC(CC)CCCC)S(=O)(=O)O.CCCCCCCCCCCCCCCCCC(=O)O.[NaH].[SnH2]. The van der Waals surface area contributed by atoms with Crippen molar-refractivity contribution in [3.63, 3.8) is 0 Å². The van der Waals surface area contributed by atoms with Gasteiger partial charge in [0.05, 0.1) is 19.6 Å². The Morgan fingerprint density at radius 3 is 1.28 bits per heavy atom. The summed E-state index contributed by atoms with van der Waals surface area (Å²) in [5.74, 6) is -2.26. The van der Waals surface area contributed by atoms with Crippen molar-refractivity contribution in [1.82, 2.24) is 0 Å². The molecule has 294 valence electrons. The van der Waals surface area contributed by atoms with Crippen LogP contribution in [-0.4, -0.2) is 108 Å². The number of carbonyl (C=O) groups excluding carboxylic acids is 2. The third kappa shape index (κ3) is 37.9. The molecule has 0 aromatic carbocycles. The quantitative estimate of drug-likeness (QED) is 0.0294. The summed E-state index contributed by atoms with van der Waals surface area (Å²) in [5, 5.41) is 6.57. The van der Waals surface area contributed by atoms with Gasteiger partial charge in [0.15, 0.2) is 5.25 Å². The predicted octanol–water partition coefficient (Wildman–Crippen LogP) is 8.92. The van der Waals surface area contributed by atoms with E-state index in [1.807, 2.05) is 13.8 Å². The topological polar surface area (TPSA) is 144 Å². The molecule has 3 atom stereocenters. The molecule has 0 fully saturated rings. The molecule has 0 saturated heterocycles. The van der Waals surface area contributed by atoms with Crippen LogP contribution in [0, 0.1) is 11.8 Å². The number of carbonyl (C=O) groups is 3. The molecule has 0 aromatic rings. The van der Waals surface area contributed by atoms with Gasteiger partial charge >= 0.3 is 71.4 Å². The van der Waals surface area contributed by atoms with Gasteiger partial charge in [-0.2, -0.15) is 8.42 Å². The van der Waals surface area contributed by atoms with Crippen LogP contribution in [0.5, 0.6) is 0 Å². The molecule has 0 heterocycles. The summed E-state index contributed by atoms with van der Waals surface area (Å²) in [6.45, 7) is 10.6. The molecule has 12 heteroatoms. The van der Waals surface area contributed by atoms with Gasteiger partial charge in [0.1, 0.15) is 0 Å². The Hall–Kier alpha value is 0.119. The molecule has 2 radical (unpaired) electrons. The van der Waals surface area contributed by atoms with Crippen LogP contribution in [0.2, 0.25) is 0 Å². The first-order valence-corrected chi connectivity index (χ1v) is 21.0. The number of hydrogen-bond donors (Lipinski definition) is 2. The average molecular weight is 852 g/mol.